The highest BCUT2D eigenvalue weighted by Gasteiger charge is 2.10. The molecule has 2 heteroatoms. The van der Waals surface area contributed by atoms with E-state index in [0.717, 1.165) is 18.8 Å². The fourth-order valence-corrected chi connectivity index (χ4v) is 1.68. The van der Waals surface area contributed by atoms with E-state index in [1.54, 1.807) is 0 Å². The molecule has 0 radical (unpaired) electrons. The lowest BCUT2D eigenvalue weighted by atomic mass is 10.1. The van der Waals surface area contributed by atoms with Gasteiger partial charge in [-0.05, 0) is 31.7 Å². The van der Waals surface area contributed by atoms with Crippen molar-refractivity contribution in [3.63, 3.8) is 0 Å². The number of para-hydroxylation sites is 1. The van der Waals surface area contributed by atoms with Gasteiger partial charge in [0.15, 0.2) is 0 Å². The lowest BCUT2D eigenvalue weighted by molar-refractivity contribution is 0.594. The van der Waals surface area contributed by atoms with Gasteiger partial charge in [0, 0.05) is 24.5 Å². The summed E-state index contributed by atoms with van der Waals surface area (Å²) in [5.74, 6) is 0.481. The number of hydrogen-bond donors (Lipinski definition) is 0. The molecule has 0 bridgehead atoms. The molecule has 0 N–H and O–H groups in total. The Kier molecular flexibility index (Phi) is 8.63. The van der Waals surface area contributed by atoms with Gasteiger partial charge in [0.25, 0.3) is 0 Å². The number of allylic oxidation sites excluding steroid dienone is 1. The summed E-state index contributed by atoms with van der Waals surface area (Å²) in [6, 6.07) is 10.3. The summed E-state index contributed by atoms with van der Waals surface area (Å²) in [5, 5.41) is 0. The van der Waals surface area contributed by atoms with Crippen molar-refractivity contribution >= 4 is 12.4 Å². The molecule has 0 spiro atoms. The molecule has 1 atom stereocenters. The molecule has 0 saturated heterocycles. The Morgan fingerprint density at radius 1 is 1.28 bits per heavy atom. The number of nitrogens with zero attached hydrogens (tertiary/aromatic N) is 2. The molecule has 18 heavy (non-hydrogen) atoms. The first-order valence-corrected chi connectivity index (χ1v) is 6.55. The van der Waals surface area contributed by atoms with Gasteiger partial charge in [0.05, 0.1) is 0 Å². The summed E-state index contributed by atoms with van der Waals surface area (Å²) in [4.78, 5) is 6.15. The summed E-state index contributed by atoms with van der Waals surface area (Å²) in [7, 11) is 0. The average Bonchev–Trinajstić information content (AvgIpc) is 2.39. The van der Waals surface area contributed by atoms with Crippen LogP contribution < -0.4 is 4.90 Å². The van der Waals surface area contributed by atoms with Crippen molar-refractivity contribution in [1.29, 1.82) is 0 Å². The van der Waals surface area contributed by atoms with Crippen molar-refractivity contribution in [3.8, 4) is 0 Å². The van der Waals surface area contributed by atoms with Gasteiger partial charge in [-0.2, -0.15) is 0 Å². The van der Waals surface area contributed by atoms with Crippen LogP contribution in [-0.2, 0) is 0 Å². The molecule has 0 saturated carbocycles. The summed E-state index contributed by atoms with van der Waals surface area (Å²) < 4.78 is 0. The molecule has 1 unspecified atom stereocenters. The molecule has 0 aromatic heterocycles. The minimum Gasteiger partial charge on any atom is -0.346 e. The Morgan fingerprint density at radius 3 is 2.28 bits per heavy atom. The predicted molar refractivity (Wildman–Crippen MR) is 83.5 cm³/mol. The van der Waals surface area contributed by atoms with E-state index in [0.29, 0.717) is 5.92 Å². The normalized spacial score (nSPS) is 10.9. The Hall–Kier alpha value is -1.57. The molecule has 0 heterocycles. The Labute approximate surface area is 112 Å². The zero-order chi connectivity index (χ0) is 14.0. The summed E-state index contributed by atoms with van der Waals surface area (Å²) >= 11 is 0. The number of aliphatic imine (C=N–C) groups is 1. The van der Waals surface area contributed by atoms with Gasteiger partial charge < -0.3 is 9.89 Å². The number of hydrogen-bond acceptors (Lipinski definition) is 2. The highest BCUT2D eigenvalue weighted by atomic mass is 15.1. The Balaban J connectivity index is 0.00000137. The molecular formula is C16H26N2. The molecule has 0 fully saturated rings. The van der Waals surface area contributed by atoms with Crippen LogP contribution in [0.5, 0.6) is 0 Å². The molecule has 100 valence electrons. The van der Waals surface area contributed by atoms with Crippen LogP contribution >= 0.6 is 0 Å². The van der Waals surface area contributed by atoms with Gasteiger partial charge in [-0.25, -0.2) is 0 Å². The van der Waals surface area contributed by atoms with E-state index in [4.69, 9.17) is 0 Å². The SMILES string of the molecule is C=NCC(C)CN(C(=C)C)c1ccccc1.CC. The summed E-state index contributed by atoms with van der Waals surface area (Å²) in [6.45, 7) is 17.5. The second-order valence-electron chi connectivity index (χ2n) is 4.19. The van der Waals surface area contributed by atoms with Crippen molar-refractivity contribution < 1.29 is 0 Å². The monoisotopic (exact) mass is 246 g/mol. The maximum absolute atomic E-state index is 4.02. The third-order valence-corrected chi connectivity index (χ3v) is 2.46. The third kappa shape index (κ3) is 5.67. The largest absolute Gasteiger partial charge is 0.346 e. The molecule has 2 nitrogen and oxygen atoms in total. The van der Waals surface area contributed by atoms with Crippen molar-refractivity contribution in [1.82, 2.24) is 0 Å². The summed E-state index contributed by atoms with van der Waals surface area (Å²) in [5.41, 5.74) is 2.24. The first-order chi connectivity index (χ1) is 8.65. The van der Waals surface area contributed by atoms with E-state index in [1.165, 1.54) is 5.69 Å². The zero-order valence-electron chi connectivity index (χ0n) is 12.2. The second kappa shape index (κ2) is 9.46. The van der Waals surface area contributed by atoms with Crippen LogP contribution in [0.1, 0.15) is 27.7 Å². The van der Waals surface area contributed by atoms with Crippen LogP contribution in [0.25, 0.3) is 0 Å². The van der Waals surface area contributed by atoms with E-state index in [-0.39, 0.29) is 0 Å². The fourth-order valence-electron chi connectivity index (χ4n) is 1.68. The first kappa shape index (κ1) is 16.4. The maximum atomic E-state index is 4.02. The third-order valence-electron chi connectivity index (χ3n) is 2.46. The summed E-state index contributed by atoms with van der Waals surface area (Å²) in [6.07, 6.45) is 0. The van der Waals surface area contributed by atoms with E-state index in [9.17, 15) is 0 Å². The van der Waals surface area contributed by atoms with E-state index in [1.807, 2.05) is 39.0 Å². The molecular weight excluding hydrogens is 220 g/mol. The van der Waals surface area contributed by atoms with Crippen LogP contribution in [0.2, 0.25) is 0 Å². The van der Waals surface area contributed by atoms with Crippen LogP contribution in [0.15, 0.2) is 47.6 Å². The van der Waals surface area contributed by atoms with Crippen molar-refractivity contribution in [3.05, 3.63) is 42.6 Å². The van der Waals surface area contributed by atoms with Crippen LogP contribution in [0, 0.1) is 5.92 Å². The van der Waals surface area contributed by atoms with Crippen molar-refractivity contribution in [2.24, 2.45) is 10.9 Å². The van der Waals surface area contributed by atoms with Crippen molar-refractivity contribution in [2.45, 2.75) is 27.7 Å². The van der Waals surface area contributed by atoms with Crippen molar-refractivity contribution in [2.75, 3.05) is 18.0 Å². The van der Waals surface area contributed by atoms with Gasteiger partial charge >= 0.3 is 0 Å². The van der Waals surface area contributed by atoms with Crippen LogP contribution in [0.4, 0.5) is 5.69 Å². The van der Waals surface area contributed by atoms with Gasteiger partial charge in [0.1, 0.15) is 0 Å². The minimum atomic E-state index is 0.481. The quantitative estimate of drug-likeness (QED) is 0.680. The highest BCUT2D eigenvalue weighted by molar-refractivity contribution is 5.50. The predicted octanol–water partition coefficient (Wildman–Crippen LogP) is 4.39. The fraction of sp³-hybridized carbons (Fsp3) is 0.438. The molecule has 0 amide bonds. The highest BCUT2D eigenvalue weighted by Crippen LogP contribution is 2.19. The topological polar surface area (TPSA) is 15.6 Å². The standard InChI is InChI=1S/C14H20N2.C2H6/c1-12(2)16(11-13(3)10-15-4)14-8-6-5-7-9-14;1-2/h5-9,13H,1,4,10-11H2,2-3H3;1-2H3. The molecule has 0 aliphatic carbocycles. The van der Waals surface area contributed by atoms with E-state index < -0.39 is 0 Å². The lowest BCUT2D eigenvalue weighted by Crippen LogP contribution is -2.27. The lowest BCUT2D eigenvalue weighted by Gasteiger charge is -2.27. The smallest absolute Gasteiger partial charge is 0.0424 e. The molecule has 1 aromatic rings. The molecule has 0 aliphatic heterocycles. The van der Waals surface area contributed by atoms with Gasteiger partial charge in [-0.3, -0.25) is 0 Å². The van der Waals surface area contributed by atoms with Crippen LogP contribution in [0.3, 0.4) is 0 Å². The molecule has 0 aliphatic rings. The zero-order valence-corrected chi connectivity index (χ0v) is 12.2. The van der Waals surface area contributed by atoms with E-state index >= 15 is 0 Å². The number of rotatable bonds is 6. The molecule has 1 aromatic carbocycles. The number of anilines is 1. The number of benzene rings is 1. The maximum Gasteiger partial charge on any atom is 0.0424 e. The average molecular weight is 246 g/mol. The van der Waals surface area contributed by atoms with Crippen LogP contribution in [-0.4, -0.2) is 19.8 Å². The second-order valence-corrected chi connectivity index (χ2v) is 4.19. The Bertz CT molecular complexity index is 343. The van der Waals surface area contributed by atoms with Gasteiger partial charge in [-0.15, -0.1) is 0 Å². The first-order valence-electron chi connectivity index (χ1n) is 6.55. The van der Waals surface area contributed by atoms with Gasteiger partial charge in [-0.1, -0.05) is 45.5 Å². The Morgan fingerprint density at radius 2 is 1.83 bits per heavy atom. The molecule has 1 rings (SSSR count). The van der Waals surface area contributed by atoms with Gasteiger partial charge in [0.2, 0.25) is 0 Å². The van der Waals surface area contributed by atoms with E-state index in [2.05, 4.69) is 42.2 Å². The minimum absolute atomic E-state index is 0.481.